The number of aromatic nitrogens is 2. The van der Waals surface area contributed by atoms with Crippen molar-refractivity contribution >= 4 is 17.2 Å². The summed E-state index contributed by atoms with van der Waals surface area (Å²) >= 11 is 1.62. The molecule has 0 aromatic carbocycles. The van der Waals surface area contributed by atoms with E-state index < -0.39 is 0 Å². The molecule has 0 N–H and O–H groups in total. The maximum Gasteiger partial charge on any atom is 0.241 e. The molecule has 2 fully saturated rings. The standard InChI is InChI=1S/C17H23N5O3S/c23-16(22-6-8-24-9-7-22)12-21-4-2-20(3-5-21)11-15-18-17(19-25-15)14-1-10-26-13-14/h1,10,13H,2-9,11-12H2. The number of hydrogen-bond donors (Lipinski definition) is 0. The quantitative estimate of drug-likeness (QED) is 0.762. The number of morpholine rings is 1. The van der Waals surface area contributed by atoms with Crippen LogP contribution in [0.25, 0.3) is 11.4 Å². The van der Waals surface area contributed by atoms with Gasteiger partial charge in [-0.3, -0.25) is 14.6 Å². The highest BCUT2D eigenvalue weighted by atomic mass is 32.1. The molecule has 0 bridgehead atoms. The molecule has 2 aromatic rings. The third kappa shape index (κ3) is 4.29. The van der Waals surface area contributed by atoms with Crippen LogP contribution in [0.15, 0.2) is 21.3 Å². The Balaban J connectivity index is 1.23. The van der Waals surface area contributed by atoms with Crippen molar-refractivity contribution in [2.24, 2.45) is 0 Å². The van der Waals surface area contributed by atoms with Crippen molar-refractivity contribution in [3.05, 3.63) is 22.7 Å². The van der Waals surface area contributed by atoms with Crippen molar-refractivity contribution in [1.82, 2.24) is 24.8 Å². The fraction of sp³-hybridized carbons (Fsp3) is 0.588. The van der Waals surface area contributed by atoms with Crippen LogP contribution in [0, 0.1) is 0 Å². The Morgan fingerprint density at radius 1 is 1.12 bits per heavy atom. The molecular formula is C17H23N5O3S. The summed E-state index contributed by atoms with van der Waals surface area (Å²) in [6.45, 7) is 7.42. The summed E-state index contributed by atoms with van der Waals surface area (Å²) in [5, 5.41) is 8.07. The highest BCUT2D eigenvalue weighted by Crippen LogP contribution is 2.19. The summed E-state index contributed by atoms with van der Waals surface area (Å²) < 4.78 is 10.7. The molecule has 1 amide bonds. The topological polar surface area (TPSA) is 74.9 Å². The van der Waals surface area contributed by atoms with E-state index in [0.717, 1.165) is 31.7 Å². The van der Waals surface area contributed by atoms with Crippen molar-refractivity contribution in [2.45, 2.75) is 6.54 Å². The summed E-state index contributed by atoms with van der Waals surface area (Å²) in [5.41, 5.74) is 0.997. The number of piperazine rings is 1. The Labute approximate surface area is 156 Å². The van der Waals surface area contributed by atoms with Crippen LogP contribution in [0.5, 0.6) is 0 Å². The third-order valence-electron chi connectivity index (χ3n) is 4.79. The van der Waals surface area contributed by atoms with E-state index in [1.165, 1.54) is 0 Å². The monoisotopic (exact) mass is 377 g/mol. The number of carbonyl (C=O) groups excluding carboxylic acids is 1. The predicted octanol–water partition coefficient (Wildman–Crippen LogP) is 0.774. The first-order valence-electron chi connectivity index (χ1n) is 8.93. The lowest BCUT2D eigenvalue weighted by atomic mass is 10.3. The minimum absolute atomic E-state index is 0.207. The normalized spacial score (nSPS) is 19.8. The van der Waals surface area contributed by atoms with Gasteiger partial charge in [-0.15, -0.1) is 0 Å². The van der Waals surface area contributed by atoms with Crippen molar-refractivity contribution < 1.29 is 14.1 Å². The van der Waals surface area contributed by atoms with Gasteiger partial charge in [0, 0.05) is 50.2 Å². The molecule has 4 rings (SSSR count). The second kappa shape index (κ2) is 8.26. The molecule has 26 heavy (non-hydrogen) atoms. The smallest absolute Gasteiger partial charge is 0.241 e. The Bertz CT molecular complexity index is 706. The number of ether oxygens (including phenoxy) is 1. The first-order valence-corrected chi connectivity index (χ1v) is 9.87. The molecule has 8 nitrogen and oxygen atoms in total. The van der Waals surface area contributed by atoms with E-state index in [9.17, 15) is 4.79 Å². The van der Waals surface area contributed by atoms with Gasteiger partial charge in [-0.25, -0.2) is 0 Å². The molecule has 0 saturated carbocycles. The SMILES string of the molecule is O=C(CN1CCN(Cc2nc(-c3ccsc3)no2)CC1)N1CCOCC1. The van der Waals surface area contributed by atoms with E-state index in [4.69, 9.17) is 9.26 Å². The molecule has 0 radical (unpaired) electrons. The Kier molecular flexibility index (Phi) is 5.59. The van der Waals surface area contributed by atoms with Crippen LogP contribution in [-0.4, -0.2) is 89.8 Å². The molecule has 0 spiro atoms. The van der Waals surface area contributed by atoms with Gasteiger partial charge in [-0.2, -0.15) is 16.3 Å². The number of amides is 1. The summed E-state index contributed by atoms with van der Waals surface area (Å²) in [4.78, 5) is 23.2. The first kappa shape index (κ1) is 17.6. The molecule has 2 aliphatic heterocycles. The zero-order valence-corrected chi connectivity index (χ0v) is 15.5. The van der Waals surface area contributed by atoms with Gasteiger partial charge in [0.15, 0.2) is 0 Å². The van der Waals surface area contributed by atoms with Gasteiger partial charge >= 0.3 is 0 Å². The maximum atomic E-state index is 12.3. The minimum atomic E-state index is 0.207. The zero-order chi connectivity index (χ0) is 17.8. The Hall–Kier alpha value is -1.81. The lowest BCUT2D eigenvalue weighted by Crippen LogP contribution is -2.51. The van der Waals surface area contributed by atoms with Crippen molar-refractivity contribution in [1.29, 1.82) is 0 Å². The van der Waals surface area contributed by atoms with Crippen LogP contribution in [0.3, 0.4) is 0 Å². The number of carbonyl (C=O) groups is 1. The molecule has 0 atom stereocenters. The van der Waals surface area contributed by atoms with Gasteiger partial charge in [0.25, 0.3) is 0 Å². The number of thiophene rings is 1. The Morgan fingerprint density at radius 2 is 1.88 bits per heavy atom. The van der Waals surface area contributed by atoms with Gasteiger partial charge in [0.1, 0.15) is 0 Å². The summed E-state index contributed by atoms with van der Waals surface area (Å²) in [7, 11) is 0. The van der Waals surface area contributed by atoms with Crippen molar-refractivity contribution in [3.63, 3.8) is 0 Å². The van der Waals surface area contributed by atoms with E-state index in [1.54, 1.807) is 11.3 Å². The van der Waals surface area contributed by atoms with E-state index in [-0.39, 0.29) is 5.91 Å². The molecule has 2 aromatic heterocycles. The van der Waals surface area contributed by atoms with Gasteiger partial charge < -0.3 is 14.2 Å². The fourth-order valence-corrected chi connectivity index (χ4v) is 3.86. The Morgan fingerprint density at radius 3 is 2.62 bits per heavy atom. The molecule has 2 aliphatic rings. The zero-order valence-electron chi connectivity index (χ0n) is 14.7. The van der Waals surface area contributed by atoms with Crippen LogP contribution >= 0.6 is 11.3 Å². The number of rotatable bonds is 5. The van der Waals surface area contributed by atoms with E-state index in [0.29, 0.717) is 51.1 Å². The number of nitrogens with zero attached hydrogens (tertiary/aromatic N) is 5. The van der Waals surface area contributed by atoms with Crippen LogP contribution in [0.4, 0.5) is 0 Å². The largest absolute Gasteiger partial charge is 0.378 e. The molecular weight excluding hydrogens is 354 g/mol. The third-order valence-corrected chi connectivity index (χ3v) is 5.48. The summed E-state index contributed by atoms with van der Waals surface area (Å²) in [6.07, 6.45) is 0. The molecule has 9 heteroatoms. The highest BCUT2D eigenvalue weighted by molar-refractivity contribution is 7.08. The first-order chi connectivity index (χ1) is 12.8. The minimum Gasteiger partial charge on any atom is -0.378 e. The van der Waals surface area contributed by atoms with Crippen LogP contribution in [0.1, 0.15) is 5.89 Å². The maximum absolute atomic E-state index is 12.3. The molecule has 4 heterocycles. The van der Waals surface area contributed by atoms with Crippen LogP contribution in [-0.2, 0) is 16.1 Å². The summed E-state index contributed by atoms with van der Waals surface area (Å²) in [6, 6.07) is 1.99. The van der Waals surface area contributed by atoms with Gasteiger partial charge in [0.2, 0.25) is 17.6 Å². The van der Waals surface area contributed by atoms with Gasteiger partial charge in [-0.05, 0) is 11.4 Å². The average Bonchev–Trinajstić information content (AvgIpc) is 3.36. The average molecular weight is 377 g/mol. The van der Waals surface area contributed by atoms with Crippen LogP contribution < -0.4 is 0 Å². The highest BCUT2D eigenvalue weighted by Gasteiger charge is 2.24. The molecule has 0 unspecified atom stereocenters. The van der Waals surface area contributed by atoms with Crippen molar-refractivity contribution in [2.75, 3.05) is 59.0 Å². The summed E-state index contributed by atoms with van der Waals surface area (Å²) in [5.74, 6) is 1.50. The van der Waals surface area contributed by atoms with E-state index in [1.807, 2.05) is 21.7 Å². The number of hydrogen-bond acceptors (Lipinski definition) is 8. The van der Waals surface area contributed by atoms with Gasteiger partial charge in [-0.1, -0.05) is 5.16 Å². The van der Waals surface area contributed by atoms with Gasteiger partial charge in [0.05, 0.1) is 26.3 Å². The molecule has 0 aliphatic carbocycles. The molecule has 140 valence electrons. The predicted molar refractivity (Wildman–Crippen MR) is 96.7 cm³/mol. The lowest BCUT2D eigenvalue weighted by Gasteiger charge is -2.35. The lowest BCUT2D eigenvalue weighted by molar-refractivity contribution is -0.136. The molecule has 2 saturated heterocycles. The van der Waals surface area contributed by atoms with E-state index >= 15 is 0 Å². The van der Waals surface area contributed by atoms with E-state index in [2.05, 4.69) is 19.9 Å². The van der Waals surface area contributed by atoms with Crippen LogP contribution in [0.2, 0.25) is 0 Å². The second-order valence-corrected chi connectivity index (χ2v) is 7.35. The fourth-order valence-electron chi connectivity index (χ4n) is 3.23. The van der Waals surface area contributed by atoms with Crippen molar-refractivity contribution in [3.8, 4) is 11.4 Å². The second-order valence-electron chi connectivity index (χ2n) is 6.57.